The van der Waals surface area contributed by atoms with Gasteiger partial charge in [0.25, 0.3) is 0 Å². The lowest BCUT2D eigenvalue weighted by molar-refractivity contribution is -0.134. The number of aryl methyl sites for hydroxylation is 3. The van der Waals surface area contributed by atoms with Crippen LogP contribution >= 0.6 is 0 Å². The minimum Gasteiger partial charge on any atom is -0.586 e. The Bertz CT molecular complexity index is 448. The number of hydrogen-bond acceptors (Lipinski definition) is 4. The van der Waals surface area contributed by atoms with Crippen molar-refractivity contribution in [2.75, 3.05) is 6.61 Å². The summed E-state index contributed by atoms with van der Waals surface area (Å²) in [7, 11) is 0. The Morgan fingerprint density at radius 2 is 1.94 bits per heavy atom. The number of rotatable bonds is 4. The van der Waals surface area contributed by atoms with Crippen LogP contribution in [-0.4, -0.2) is 23.3 Å². The van der Waals surface area contributed by atoms with Crippen molar-refractivity contribution in [2.24, 2.45) is 4.40 Å². The highest BCUT2D eigenvalue weighted by atomic mass is 32.2. The molecule has 1 aromatic rings. The molecule has 1 atom stereocenters. The summed E-state index contributed by atoms with van der Waals surface area (Å²) < 4.78 is 20.4. The van der Waals surface area contributed by atoms with Crippen molar-refractivity contribution >= 4 is 23.5 Å². The predicted molar refractivity (Wildman–Crippen MR) is 72.2 cm³/mol. The Kier molecular flexibility index (Phi) is 5.37. The fourth-order valence-electron chi connectivity index (χ4n) is 1.77. The predicted octanol–water partition coefficient (Wildman–Crippen LogP) is 2.27. The molecule has 18 heavy (non-hydrogen) atoms. The van der Waals surface area contributed by atoms with Crippen LogP contribution in [0.3, 0.4) is 0 Å². The van der Waals surface area contributed by atoms with Crippen LogP contribution in [-0.2, 0) is 20.9 Å². The molecule has 98 valence electrons. The van der Waals surface area contributed by atoms with E-state index in [9.17, 15) is 9.35 Å². The van der Waals surface area contributed by atoms with Gasteiger partial charge in [0, 0.05) is 11.1 Å². The summed E-state index contributed by atoms with van der Waals surface area (Å²) in [6, 6.07) is 3.89. The van der Waals surface area contributed by atoms with Crippen LogP contribution in [0, 0.1) is 20.8 Å². The highest BCUT2D eigenvalue weighted by Crippen LogP contribution is 2.23. The lowest BCUT2D eigenvalue weighted by Crippen LogP contribution is -2.09. The van der Waals surface area contributed by atoms with E-state index in [1.54, 1.807) is 6.92 Å². The summed E-state index contributed by atoms with van der Waals surface area (Å²) in [5, 5.41) is 0. The molecule has 0 aliphatic heterocycles. The van der Waals surface area contributed by atoms with Gasteiger partial charge in [0.1, 0.15) is 11.4 Å². The first-order valence-corrected chi connectivity index (χ1v) is 6.77. The molecule has 0 aromatic heterocycles. The summed E-state index contributed by atoms with van der Waals surface area (Å²) in [5.74, 6) is -0.576. The molecule has 5 heteroatoms. The molecule has 0 fully saturated rings. The van der Waals surface area contributed by atoms with Crippen LogP contribution in [0.5, 0.6) is 0 Å². The maximum absolute atomic E-state index is 12.0. The van der Waals surface area contributed by atoms with E-state index in [0.717, 1.165) is 22.9 Å². The molecule has 0 bridgehead atoms. The lowest BCUT2D eigenvalue weighted by atomic mass is 10.1. The second-order valence-electron chi connectivity index (χ2n) is 3.96. The van der Waals surface area contributed by atoms with Crippen molar-refractivity contribution < 1.29 is 14.1 Å². The summed E-state index contributed by atoms with van der Waals surface area (Å²) in [4.78, 5) is 11.8. The summed E-state index contributed by atoms with van der Waals surface area (Å²) in [5.41, 5.74) is 2.93. The zero-order valence-corrected chi connectivity index (χ0v) is 11.8. The normalized spacial score (nSPS) is 12.7. The standard InChI is InChI=1S/C13H17NO3S/c1-5-17-12(15)8-14-18(16)13-10(3)6-9(2)7-11(13)4/h6-8H,5H2,1-4H3/t18-/m0/s1. The van der Waals surface area contributed by atoms with Crippen LogP contribution in [0.4, 0.5) is 0 Å². The Morgan fingerprint density at radius 1 is 1.39 bits per heavy atom. The molecule has 0 saturated carbocycles. The van der Waals surface area contributed by atoms with Gasteiger partial charge in [0.2, 0.25) is 0 Å². The van der Waals surface area contributed by atoms with E-state index in [-0.39, 0.29) is 6.61 Å². The van der Waals surface area contributed by atoms with E-state index in [1.807, 2.05) is 32.9 Å². The van der Waals surface area contributed by atoms with Crippen molar-refractivity contribution in [2.45, 2.75) is 32.6 Å². The Morgan fingerprint density at radius 3 is 2.44 bits per heavy atom. The van der Waals surface area contributed by atoms with E-state index in [4.69, 9.17) is 0 Å². The fourth-order valence-corrected chi connectivity index (χ4v) is 2.72. The van der Waals surface area contributed by atoms with E-state index in [1.165, 1.54) is 0 Å². The fraction of sp³-hybridized carbons (Fsp3) is 0.385. The van der Waals surface area contributed by atoms with Crippen LogP contribution in [0.2, 0.25) is 0 Å². The second kappa shape index (κ2) is 6.56. The highest BCUT2D eigenvalue weighted by molar-refractivity contribution is 7.90. The molecule has 0 aliphatic carbocycles. The third kappa shape index (κ3) is 3.85. The third-order valence-corrected chi connectivity index (χ3v) is 3.61. The van der Waals surface area contributed by atoms with Gasteiger partial charge >= 0.3 is 5.97 Å². The molecule has 0 N–H and O–H groups in total. The number of benzene rings is 1. The van der Waals surface area contributed by atoms with E-state index in [2.05, 4.69) is 9.13 Å². The molecule has 0 saturated heterocycles. The van der Waals surface area contributed by atoms with Crippen LogP contribution in [0.25, 0.3) is 0 Å². The molecule has 0 unspecified atom stereocenters. The number of esters is 1. The largest absolute Gasteiger partial charge is 0.586 e. The van der Waals surface area contributed by atoms with Gasteiger partial charge in [-0.25, -0.2) is 4.79 Å². The molecule has 0 radical (unpaired) electrons. The van der Waals surface area contributed by atoms with Gasteiger partial charge in [-0.05, 0) is 27.7 Å². The number of carbonyl (C=O) groups excluding carboxylic acids is 1. The first-order valence-electron chi connectivity index (χ1n) is 5.66. The van der Waals surface area contributed by atoms with Gasteiger partial charge in [-0.2, -0.15) is 0 Å². The average molecular weight is 267 g/mol. The zero-order chi connectivity index (χ0) is 13.7. The van der Waals surface area contributed by atoms with Gasteiger partial charge < -0.3 is 9.29 Å². The molecule has 4 nitrogen and oxygen atoms in total. The third-order valence-electron chi connectivity index (χ3n) is 2.32. The summed E-state index contributed by atoms with van der Waals surface area (Å²) in [6.45, 7) is 7.73. The number of nitrogens with zero attached hydrogens (tertiary/aromatic N) is 1. The van der Waals surface area contributed by atoms with E-state index < -0.39 is 17.3 Å². The van der Waals surface area contributed by atoms with Crippen molar-refractivity contribution in [1.82, 2.24) is 0 Å². The SMILES string of the molecule is CCOC(=O)C=N[S@@+]([O-])c1c(C)cc(C)cc1C. The molecule has 0 aliphatic rings. The lowest BCUT2D eigenvalue weighted by Gasteiger charge is -2.09. The van der Waals surface area contributed by atoms with Crippen molar-refractivity contribution in [3.8, 4) is 0 Å². The first-order chi connectivity index (χ1) is 8.45. The number of ether oxygens (including phenoxy) is 1. The van der Waals surface area contributed by atoms with Crippen LogP contribution in [0.15, 0.2) is 21.4 Å². The average Bonchev–Trinajstić information content (AvgIpc) is 2.25. The minimum atomic E-state index is -1.57. The Labute approximate surface area is 110 Å². The second-order valence-corrected chi connectivity index (χ2v) is 5.08. The summed E-state index contributed by atoms with van der Waals surface area (Å²) >= 11 is -1.57. The van der Waals surface area contributed by atoms with Crippen molar-refractivity contribution in [3.63, 3.8) is 0 Å². The van der Waals surface area contributed by atoms with Gasteiger partial charge in [-0.1, -0.05) is 22.1 Å². The molecular formula is C13H17NO3S. The van der Waals surface area contributed by atoms with E-state index >= 15 is 0 Å². The van der Waals surface area contributed by atoms with Crippen LogP contribution in [0.1, 0.15) is 23.6 Å². The summed E-state index contributed by atoms with van der Waals surface area (Å²) in [6.07, 6.45) is 0.971. The molecule has 0 spiro atoms. The van der Waals surface area contributed by atoms with Gasteiger partial charge in [0.15, 0.2) is 11.1 Å². The monoisotopic (exact) mass is 267 g/mol. The van der Waals surface area contributed by atoms with Gasteiger partial charge in [-0.3, -0.25) is 0 Å². The smallest absolute Gasteiger partial charge is 0.354 e. The number of carbonyl (C=O) groups is 1. The first kappa shape index (κ1) is 14.7. The molecule has 1 rings (SSSR count). The highest BCUT2D eigenvalue weighted by Gasteiger charge is 2.17. The maximum atomic E-state index is 12.0. The van der Waals surface area contributed by atoms with Crippen molar-refractivity contribution in [3.05, 3.63) is 28.8 Å². The Hall–Kier alpha value is -1.33. The quantitative estimate of drug-likeness (QED) is 0.477. The minimum absolute atomic E-state index is 0.278. The van der Waals surface area contributed by atoms with Crippen molar-refractivity contribution in [1.29, 1.82) is 0 Å². The maximum Gasteiger partial charge on any atom is 0.354 e. The molecule has 1 aromatic carbocycles. The Balaban J connectivity index is 2.91. The number of hydrogen-bond donors (Lipinski definition) is 0. The molecule has 0 heterocycles. The van der Waals surface area contributed by atoms with Crippen LogP contribution < -0.4 is 0 Å². The molecule has 0 amide bonds. The topological polar surface area (TPSA) is 61.7 Å². The van der Waals surface area contributed by atoms with E-state index in [0.29, 0.717) is 4.90 Å². The van der Waals surface area contributed by atoms with Gasteiger partial charge in [-0.15, -0.1) is 0 Å². The zero-order valence-electron chi connectivity index (χ0n) is 11.0. The molecular weight excluding hydrogens is 250 g/mol. The van der Waals surface area contributed by atoms with Gasteiger partial charge in [0.05, 0.1) is 6.61 Å².